The summed E-state index contributed by atoms with van der Waals surface area (Å²) < 4.78 is 0. The average molecular weight is 204 g/mol. The third-order valence-electron chi connectivity index (χ3n) is 1.99. The van der Waals surface area contributed by atoms with Gasteiger partial charge in [0.15, 0.2) is 0 Å². The third-order valence-corrected chi connectivity index (χ3v) is 1.99. The summed E-state index contributed by atoms with van der Waals surface area (Å²) in [5, 5.41) is 19.8. The van der Waals surface area contributed by atoms with Gasteiger partial charge < -0.3 is 10.4 Å². The molecule has 0 radical (unpaired) electrons. The van der Waals surface area contributed by atoms with Crippen molar-refractivity contribution < 1.29 is 9.90 Å². The minimum atomic E-state index is -0.322. The largest absolute Gasteiger partial charge is 0.392 e. The van der Waals surface area contributed by atoms with Crippen molar-refractivity contribution in [3.63, 3.8) is 0 Å². The fraction of sp³-hybridized carbons (Fsp3) is 0.273. The zero-order valence-electron chi connectivity index (χ0n) is 8.45. The number of aliphatic hydroxyl groups is 1. The van der Waals surface area contributed by atoms with Crippen LogP contribution in [0.4, 0.5) is 5.69 Å². The van der Waals surface area contributed by atoms with Crippen molar-refractivity contribution in [2.75, 3.05) is 5.32 Å². The fourth-order valence-corrected chi connectivity index (χ4v) is 1.23. The second kappa shape index (κ2) is 5.13. The van der Waals surface area contributed by atoms with Crippen molar-refractivity contribution in [2.24, 2.45) is 0 Å². The van der Waals surface area contributed by atoms with Crippen LogP contribution in [0.15, 0.2) is 18.2 Å². The molecule has 0 saturated heterocycles. The van der Waals surface area contributed by atoms with Gasteiger partial charge in [-0.05, 0) is 24.1 Å². The monoisotopic (exact) mass is 204 g/mol. The molecule has 4 nitrogen and oxygen atoms in total. The molecule has 15 heavy (non-hydrogen) atoms. The first kappa shape index (κ1) is 11.2. The van der Waals surface area contributed by atoms with Crippen molar-refractivity contribution in [3.05, 3.63) is 29.3 Å². The summed E-state index contributed by atoms with van der Waals surface area (Å²) >= 11 is 0. The van der Waals surface area contributed by atoms with E-state index < -0.39 is 0 Å². The zero-order valence-corrected chi connectivity index (χ0v) is 8.45. The summed E-state index contributed by atoms with van der Waals surface area (Å²) in [5.41, 5.74) is 2.34. The summed E-state index contributed by atoms with van der Waals surface area (Å²) in [6, 6.07) is 7.02. The maximum absolute atomic E-state index is 11.1. The SMILES string of the molecule is Cc1cc(CO)ccc1NC(=O)CC#N. The maximum Gasteiger partial charge on any atom is 0.238 e. The highest BCUT2D eigenvalue weighted by Crippen LogP contribution is 2.16. The molecule has 0 aliphatic heterocycles. The number of nitriles is 1. The molecule has 0 aliphatic rings. The van der Waals surface area contributed by atoms with Crippen LogP contribution in [0, 0.1) is 18.3 Å². The zero-order chi connectivity index (χ0) is 11.3. The molecule has 1 aromatic rings. The van der Waals surface area contributed by atoms with Gasteiger partial charge in [-0.1, -0.05) is 12.1 Å². The number of carbonyl (C=O) groups excluding carboxylic acids is 1. The van der Waals surface area contributed by atoms with Gasteiger partial charge in [0.2, 0.25) is 5.91 Å². The number of benzene rings is 1. The van der Waals surface area contributed by atoms with Crippen LogP contribution in [0.1, 0.15) is 17.5 Å². The predicted molar refractivity (Wildman–Crippen MR) is 56.0 cm³/mol. The first-order valence-corrected chi connectivity index (χ1v) is 4.54. The van der Waals surface area contributed by atoms with Crippen molar-refractivity contribution in [1.82, 2.24) is 0 Å². The van der Waals surface area contributed by atoms with Gasteiger partial charge in [0.25, 0.3) is 0 Å². The van der Waals surface area contributed by atoms with Gasteiger partial charge >= 0.3 is 0 Å². The molecule has 0 fully saturated rings. The first-order valence-electron chi connectivity index (χ1n) is 4.54. The Hall–Kier alpha value is -1.86. The minimum absolute atomic E-state index is 0.0206. The van der Waals surface area contributed by atoms with E-state index in [1.165, 1.54) is 0 Å². The van der Waals surface area contributed by atoms with E-state index >= 15 is 0 Å². The number of nitrogens with one attached hydrogen (secondary N) is 1. The number of hydrogen-bond acceptors (Lipinski definition) is 3. The molecule has 2 N–H and O–H groups in total. The molecule has 0 saturated carbocycles. The molecule has 0 unspecified atom stereocenters. The number of nitrogens with zero attached hydrogens (tertiary/aromatic N) is 1. The minimum Gasteiger partial charge on any atom is -0.392 e. The third kappa shape index (κ3) is 3.08. The quantitative estimate of drug-likeness (QED) is 0.780. The van der Waals surface area contributed by atoms with Gasteiger partial charge in [0.05, 0.1) is 12.7 Å². The summed E-state index contributed by atoms with van der Waals surface area (Å²) in [5.74, 6) is -0.322. The summed E-state index contributed by atoms with van der Waals surface area (Å²) in [6.07, 6.45) is -0.152. The Kier molecular flexibility index (Phi) is 3.83. The summed E-state index contributed by atoms with van der Waals surface area (Å²) in [4.78, 5) is 11.1. The van der Waals surface area contributed by atoms with Crippen molar-refractivity contribution in [2.45, 2.75) is 20.0 Å². The van der Waals surface area contributed by atoms with E-state index in [9.17, 15) is 4.79 Å². The molecule has 0 heterocycles. The number of aryl methyl sites for hydroxylation is 1. The van der Waals surface area contributed by atoms with Crippen LogP contribution < -0.4 is 5.32 Å². The van der Waals surface area contributed by atoms with E-state index in [0.29, 0.717) is 5.69 Å². The van der Waals surface area contributed by atoms with Crippen LogP contribution in [0.3, 0.4) is 0 Å². The molecule has 0 aliphatic carbocycles. The van der Waals surface area contributed by atoms with Gasteiger partial charge in [-0.15, -0.1) is 0 Å². The summed E-state index contributed by atoms with van der Waals surface area (Å²) in [6.45, 7) is 1.81. The first-order chi connectivity index (χ1) is 7.17. The Bertz CT molecular complexity index is 408. The van der Waals surface area contributed by atoms with Gasteiger partial charge in [-0.3, -0.25) is 4.79 Å². The van der Waals surface area contributed by atoms with E-state index in [0.717, 1.165) is 11.1 Å². The van der Waals surface area contributed by atoms with Gasteiger partial charge in [0, 0.05) is 5.69 Å². The smallest absolute Gasteiger partial charge is 0.238 e. The number of anilines is 1. The highest BCUT2D eigenvalue weighted by atomic mass is 16.3. The Balaban J connectivity index is 2.79. The number of hydrogen-bond donors (Lipinski definition) is 2. The van der Waals surface area contributed by atoms with E-state index in [1.54, 1.807) is 24.3 Å². The molecule has 0 atom stereocenters. The van der Waals surface area contributed by atoms with Crippen LogP contribution >= 0.6 is 0 Å². The second-order valence-corrected chi connectivity index (χ2v) is 3.19. The second-order valence-electron chi connectivity index (χ2n) is 3.19. The van der Waals surface area contributed by atoms with Crippen LogP contribution in [0.5, 0.6) is 0 Å². The lowest BCUT2D eigenvalue weighted by Gasteiger charge is -2.07. The number of aliphatic hydroxyl groups excluding tert-OH is 1. The van der Waals surface area contributed by atoms with Gasteiger partial charge in [0.1, 0.15) is 6.42 Å². The molecule has 0 spiro atoms. The average Bonchev–Trinajstić information content (AvgIpc) is 2.21. The van der Waals surface area contributed by atoms with E-state index in [2.05, 4.69) is 5.32 Å². The Morgan fingerprint density at radius 1 is 1.60 bits per heavy atom. The highest BCUT2D eigenvalue weighted by molar-refractivity contribution is 5.92. The van der Waals surface area contributed by atoms with E-state index in [4.69, 9.17) is 10.4 Å². The molecule has 1 rings (SSSR count). The van der Waals surface area contributed by atoms with Crippen molar-refractivity contribution in [3.8, 4) is 6.07 Å². The Morgan fingerprint density at radius 2 is 2.33 bits per heavy atom. The van der Waals surface area contributed by atoms with E-state index in [1.807, 2.05) is 6.92 Å². The lowest BCUT2D eigenvalue weighted by molar-refractivity contribution is -0.115. The molecule has 0 aromatic heterocycles. The molecular formula is C11H12N2O2. The molecule has 78 valence electrons. The molecular weight excluding hydrogens is 192 g/mol. The lowest BCUT2D eigenvalue weighted by atomic mass is 10.1. The molecule has 1 aromatic carbocycles. The summed E-state index contributed by atoms with van der Waals surface area (Å²) in [7, 11) is 0. The molecule has 1 amide bonds. The lowest BCUT2D eigenvalue weighted by Crippen LogP contribution is -2.11. The number of rotatable bonds is 3. The highest BCUT2D eigenvalue weighted by Gasteiger charge is 2.04. The van der Waals surface area contributed by atoms with Crippen molar-refractivity contribution >= 4 is 11.6 Å². The van der Waals surface area contributed by atoms with Gasteiger partial charge in [-0.25, -0.2) is 0 Å². The Labute approximate surface area is 88.2 Å². The normalized spacial score (nSPS) is 9.40. The van der Waals surface area contributed by atoms with Gasteiger partial charge in [-0.2, -0.15) is 5.26 Å². The standard InChI is InChI=1S/C11H12N2O2/c1-8-6-9(7-14)2-3-10(8)13-11(15)4-5-12/h2-3,6,14H,4,7H2,1H3,(H,13,15). The number of amides is 1. The topological polar surface area (TPSA) is 73.1 Å². The molecule has 4 heteroatoms. The maximum atomic E-state index is 11.1. The van der Waals surface area contributed by atoms with Crippen LogP contribution in [0.2, 0.25) is 0 Å². The Morgan fingerprint density at radius 3 is 2.87 bits per heavy atom. The van der Waals surface area contributed by atoms with Crippen molar-refractivity contribution in [1.29, 1.82) is 5.26 Å². The van der Waals surface area contributed by atoms with Crippen LogP contribution in [-0.2, 0) is 11.4 Å². The predicted octanol–water partition coefficient (Wildman–Crippen LogP) is 1.34. The fourth-order valence-electron chi connectivity index (χ4n) is 1.23. The number of carbonyl (C=O) groups is 1. The van der Waals surface area contributed by atoms with E-state index in [-0.39, 0.29) is 18.9 Å². The molecule has 0 bridgehead atoms. The van der Waals surface area contributed by atoms with Crippen LogP contribution in [-0.4, -0.2) is 11.0 Å². The van der Waals surface area contributed by atoms with Crippen LogP contribution in [0.25, 0.3) is 0 Å².